The number of nitrogens with two attached hydrogens (primary N) is 1. The zero-order chi connectivity index (χ0) is 32.9. The van der Waals surface area contributed by atoms with E-state index in [-0.39, 0.29) is 27.0 Å². The van der Waals surface area contributed by atoms with E-state index < -0.39 is 58.0 Å². The Kier molecular flexibility index (Phi) is 8.43. The highest BCUT2D eigenvalue weighted by atomic mass is 32.2. The number of aryl methyl sites for hydroxylation is 1. The van der Waals surface area contributed by atoms with Crippen molar-refractivity contribution in [2.75, 3.05) is 17.2 Å². The Hall–Kier alpha value is -4.55. The Labute approximate surface area is 273 Å². The number of nitrogen functional groups attached to an aromatic ring is 1. The molecule has 3 aromatic rings. The molecule has 18 heteroatoms. The van der Waals surface area contributed by atoms with Crippen LogP contribution in [0.15, 0.2) is 50.9 Å². The molecule has 6 rings (SSSR count). The minimum atomic E-state index is -1.52. The molecule has 0 aromatic carbocycles. The lowest BCUT2D eigenvalue weighted by Crippen LogP contribution is -2.71. The van der Waals surface area contributed by atoms with Crippen molar-refractivity contribution in [3.05, 3.63) is 74.0 Å². The van der Waals surface area contributed by atoms with Crippen molar-refractivity contribution in [3.63, 3.8) is 0 Å². The molecule has 0 radical (unpaired) electrons. The van der Waals surface area contributed by atoms with Gasteiger partial charge in [0.1, 0.15) is 24.2 Å². The average molecular weight is 686 g/mol. The summed E-state index contributed by atoms with van der Waals surface area (Å²) < 4.78 is 2.32. The first-order valence-corrected chi connectivity index (χ1v) is 16.8. The average Bonchev–Trinajstić information content (AvgIpc) is 3.69. The molecule has 3 aromatic heterocycles. The molecule has 1 aliphatic carbocycles. The number of nitrogens with zero attached hydrogens (tertiary/aromatic N) is 4. The summed E-state index contributed by atoms with van der Waals surface area (Å²) in [4.78, 5) is 70.2. The Morgan fingerprint density at radius 3 is 2.80 bits per heavy atom. The van der Waals surface area contributed by atoms with Crippen molar-refractivity contribution < 1.29 is 39.2 Å². The van der Waals surface area contributed by atoms with Gasteiger partial charge in [0, 0.05) is 45.9 Å². The fourth-order valence-electron chi connectivity index (χ4n) is 5.67. The molecule has 1 fully saturated rings. The number of carbonyl (C=O) groups is 4. The van der Waals surface area contributed by atoms with Crippen LogP contribution in [0.5, 0.6) is 5.75 Å². The number of carboxylic acids is 1. The summed E-state index contributed by atoms with van der Waals surface area (Å²) in [5, 5.41) is 37.5. The number of β-lactam (4-membered cyclic amide) rings is 1. The van der Waals surface area contributed by atoms with E-state index in [4.69, 9.17) is 5.73 Å². The third kappa shape index (κ3) is 5.67. The molecule has 2 aliphatic heterocycles. The molecule has 0 spiro atoms. The lowest BCUT2D eigenvalue weighted by atomic mass is 10.0. The number of hydrogen-bond acceptors (Lipinski definition) is 13. The number of thioether (sulfide) groups is 2. The van der Waals surface area contributed by atoms with Gasteiger partial charge in [-0.25, -0.2) is 9.55 Å². The van der Waals surface area contributed by atoms with Crippen LogP contribution in [0.4, 0.5) is 5.13 Å². The molecule has 240 valence electrons. The number of aromatic nitrogens is 3. The van der Waals surface area contributed by atoms with E-state index in [2.05, 4.69) is 20.2 Å². The third-order valence-electron chi connectivity index (χ3n) is 7.92. The number of aliphatic carboxylic acids is 1. The number of aromatic hydroxyl groups is 1. The normalized spacial score (nSPS) is 19.2. The van der Waals surface area contributed by atoms with Crippen LogP contribution >= 0.6 is 34.9 Å². The highest BCUT2D eigenvalue weighted by Crippen LogP contribution is 2.42. The van der Waals surface area contributed by atoms with Crippen LogP contribution in [-0.4, -0.2) is 71.5 Å². The summed E-state index contributed by atoms with van der Waals surface area (Å²) >= 11 is 3.80. The molecule has 15 nitrogen and oxygen atoms in total. The van der Waals surface area contributed by atoms with Crippen LogP contribution in [0.3, 0.4) is 0 Å². The number of rotatable bonds is 9. The maximum absolute atomic E-state index is 13.5. The number of anilines is 1. The molecule has 46 heavy (non-hydrogen) atoms. The van der Waals surface area contributed by atoms with E-state index in [0.29, 0.717) is 23.6 Å². The predicted octanol–water partition coefficient (Wildman–Crippen LogP) is -1.19. The Balaban J connectivity index is 1.19. The maximum Gasteiger partial charge on any atom is 0.272 e. The number of hydrogen-bond donors (Lipinski definition) is 5. The van der Waals surface area contributed by atoms with Gasteiger partial charge in [0.25, 0.3) is 11.8 Å². The first-order chi connectivity index (χ1) is 21.9. The first kappa shape index (κ1) is 31.4. The number of carbonyl (C=O) groups excluding carboxylic acids is 4. The number of carboxylic acid groups (broad SMARTS) is 1. The highest BCUT2D eigenvalue weighted by molar-refractivity contribution is 8.01. The molecular formula is C28H27N7O8S3. The van der Waals surface area contributed by atoms with Gasteiger partial charge in [0.2, 0.25) is 11.3 Å². The topological polar surface area (TPSA) is 224 Å². The lowest BCUT2D eigenvalue weighted by molar-refractivity contribution is -0.679. The Bertz CT molecular complexity index is 1890. The van der Waals surface area contributed by atoms with E-state index in [1.54, 1.807) is 0 Å². The van der Waals surface area contributed by atoms with Crippen molar-refractivity contribution in [1.82, 2.24) is 25.2 Å². The van der Waals surface area contributed by atoms with E-state index in [9.17, 15) is 39.4 Å². The second kappa shape index (κ2) is 12.3. The van der Waals surface area contributed by atoms with Gasteiger partial charge in [-0.05, 0) is 18.4 Å². The van der Waals surface area contributed by atoms with Gasteiger partial charge in [0.05, 0.1) is 23.6 Å². The van der Waals surface area contributed by atoms with Crippen molar-refractivity contribution in [3.8, 4) is 5.75 Å². The van der Waals surface area contributed by atoms with E-state index in [0.717, 1.165) is 40.4 Å². The van der Waals surface area contributed by atoms with Gasteiger partial charge in [-0.2, -0.15) is 4.73 Å². The second-order valence-electron chi connectivity index (χ2n) is 10.8. The largest absolute Gasteiger partial charge is 0.543 e. The van der Waals surface area contributed by atoms with E-state index in [1.807, 2.05) is 19.3 Å². The number of fused-ring (bicyclic) bond motifs is 2. The number of thiazole rings is 1. The summed E-state index contributed by atoms with van der Waals surface area (Å²) in [6.45, 7) is 0. The van der Waals surface area contributed by atoms with Gasteiger partial charge in [-0.15, -0.1) is 34.9 Å². The van der Waals surface area contributed by atoms with Crippen molar-refractivity contribution >= 4 is 63.7 Å². The van der Waals surface area contributed by atoms with Crippen LogP contribution in [0.25, 0.3) is 0 Å². The zero-order valence-corrected chi connectivity index (χ0v) is 26.5. The number of amides is 3. The van der Waals surface area contributed by atoms with Crippen LogP contribution in [-0.2, 0) is 34.3 Å². The van der Waals surface area contributed by atoms with Crippen molar-refractivity contribution in [2.45, 2.75) is 41.6 Å². The number of nitrogens with one attached hydrogen (secondary N) is 2. The smallest absolute Gasteiger partial charge is 0.272 e. The summed E-state index contributed by atoms with van der Waals surface area (Å²) in [5.41, 5.74) is 7.07. The van der Waals surface area contributed by atoms with Gasteiger partial charge < -0.3 is 36.6 Å². The van der Waals surface area contributed by atoms with Gasteiger partial charge in [-0.1, -0.05) is 0 Å². The molecule has 6 N–H and O–H groups in total. The highest BCUT2D eigenvalue weighted by Gasteiger charge is 2.53. The van der Waals surface area contributed by atoms with E-state index >= 15 is 0 Å². The summed E-state index contributed by atoms with van der Waals surface area (Å²) in [7, 11) is 2.00. The monoisotopic (exact) mass is 685 g/mol. The van der Waals surface area contributed by atoms with Crippen LogP contribution < -0.4 is 31.5 Å². The maximum atomic E-state index is 13.5. The van der Waals surface area contributed by atoms with Crippen molar-refractivity contribution in [1.29, 1.82) is 0 Å². The third-order valence-corrected chi connectivity index (χ3v) is 11.1. The minimum absolute atomic E-state index is 0.0227. The fraction of sp³-hybridized carbons (Fsp3) is 0.321. The first-order valence-electron chi connectivity index (χ1n) is 13.9. The second-order valence-corrected chi connectivity index (χ2v) is 13.8. The van der Waals surface area contributed by atoms with Crippen LogP contribution in [0.1, 0.15) is 39.9 Å². The van der Waals surface area contributed by atoms with Gasteiger partial charge >= 0.3 is 0 Å². The molecule has 3 amide bonds. The Morgan fingerprint density at radius 1 is 1.30 bits per heavy atom. The zero-order valence-electron chi connectivity index (χ0n) is 24.1. The summed E-state index contributed by atoms with van der Waals surface area (Å²) in [6.07, 6.45) is 5.60. The fourth-order valence-corrected chi connectivity index (χ4v) is 8.85. The molecule has 0 bridgehead atoms. The van der Waals surface area contributed by atoms with E-state index in [1.165, 1.54) is 40.2 Å². The summed E-state index contributed by atoms with van der Waals surface area (Å²) in [6, 6.07) is 0.0478. The minimum Gasteiger partial charge on any atom is -0.543 e. The number of pyridine rings is 2. The molecule has 0 saturated carbocycles. The lowest BCUT2D eigenvalue weighted by Gasteiger charge is -2.51. The predicted molar refractivity (Wildman–Crippen MR) is 164 cm³/mol. The van der Waals surface area contributed by atoms with Crippen LogP contribution in [0.2, 0.25) is 0 Å². The summed E-state index contributed by atoms with van der Waals surface area (Å²) in [5.74, 6) is -4.26. The molecule has 5 heterocycles. The molecule has 1 saturated heterocycles. The standard InChI is InChI=1S/C28H27N7O8S3/c1-33-6-5-19(13-3-2-4-15(13)33)44-9-12-10-45-26-21(25(40)35(26)22(12)27(41)42)32-24(39)20(14-11-46-28(29)30-14)31-23(38)16-7-17(36)18(37)8-34(16)43/h5-8,11,20-21,26,43H,2-4,9-10H2,1H3,(H5-,29,30,31,32,37,38,39,41,42)/t20?,21-,26-/m0/s1. The van der Waals surface area contributed by atoms with Gasteiger partial charge in [0.15, 0.2) is 28.8 Å². The Morgan fingerprint density at radius 2 is 2.09 bits per heavy atom. The molecule has 3 aliphatic rings. The molecular weight excluding hydrogens is 659 g/mol. The quantitative estimate of drug-likeness (QED) is 0.0776. The molecule has 3 atom stereocenters. The van der Waals surface area contributed by atoms with Crippen LogP contribution in [0, 0.1) is 0 Å². The molecule has 1 unspecified atom stereocenters. The van der Waals surface area contributed by atoms with Gasteiger partial charge in [-0.3, -0.25) is 24.1 Å². The SMILES string of the molecule is C[n+]1ccc(SCC2=C(C(=O)[O-])N3C(=O)[C@H](NC(=O)C(NC(=O)c4cc(=O)c(O)cn4O)c4csc(N)n4)[C@@H]3SC2)c2c1CCC2. The van der Waals surface area contributed by atoms with Crippen molar-refractivity contribution in [2.24, 2.45) is 7.05 Å².